The molecular weight excluding hydrogens is 354 g/mol. The molecular formula is C17H16ClN7O. The van der Waals surface area contributed by atoms with E-state index in [9.17, 15) is 4.79 Å². The Balaban J connectivity index is 1.39. The first kappa shape index (κ1) is 16.5. The van der Waals surface area contributed by atoms with Gasteiger partial charge < -0.3 is 9.80 Å². The minimum atomic E-state index is -0.113. The largest absolute Gasteiger partial charge is 0.368 e. The van der Waals surface area contributed by atoms with Crippen molar-refractivity contribution in [2.75, 3.05) is 31.1 Å². The van der Waals surface area contributed by atoms with E-state index in [0.717, 1.165) is 23.8 Å². The Kier molecular flexibility index (Phi) is 4.49. The van der Waals surface area contributed by atoms with E-state index < -0.39 is 0 Å². The first-order valence-electron chi connectivity index (χ1n) is 8.19. The summed E-state index contributed by atoms with van der Waals surface area (Å²) in [5, 5.41) is 12.8. The summed E-state index contributed by atoms with van der Waals surface area (Å²) in [5.41, 5.74) is 1.44. The van der Waals surface area contributed by atoms with Crippen LogP contribution in [0, 0.1) is 0 Å². The Bertz CT molecular complexity index is 872. The molecule has 2 aromatic heterocycles. The third kappa shape index (κ3) is 3.36. The average Bonchev–Trinajstić information content (AvgIpc) is 3.23. The lowest BCUT2D eigenvalue weighted by molar-refractivity contribution is 0.0739. The van der Waals surface area contributed by atoms with Gasteiger partial charge >= 0.3 is 0 Å². The summed E-state index contributed by atoms with van der Waals surface area (Å²) in [4.78, 5) is 20.5. The van der Waals surface area contributed by atoms with Crippen molar-refractivity contribution < 1.29 is 4.79 Å². The van der Waals surface area contributed by atoms with Gasteiger partial charge in [0.15, 0.2) is 11.5 Å². The molecule has 1 fully saturated rings. The lowest BCUT2D eigenvalue weighted by Gasteiger charge is -2.35. The molecule has 4 rings (SSSR count). The first-order chi connectivity index (χ1) is 12.7. The molecule has 132 valence electrons. The summed E-state index contributed by atoms with van der Waals surface area (Å²) in [5.74, 6) is 0.407. The molecule has 3 heterocycles. The Morgan fingerprint density at radius 3 is 2.35 bits per heavy atom. The molecule has 3 aromatic rings. The summed E-state index contributed by atoms with van der Waals surface area (Å²) < 4.78 is 1.49. The second-order valence-electron chi connectivity index (χ2n) is 5.87. The zero-order valence-electron chi connectivity index (χ0n) is 13.9. The van der Waals surface area contributed by atoms with Crippen LogP contribution in [-0.2, 0) is 0 Å². The van der Waals surface area contributed by atoms with Gasteiger partial charge in [0, 0.05) is 36.9 Å². The van der Waals surface area contributed by atoms with Gasteiger partial charge in [-0.25, -0.2) is 9.67 Å². The van der Waals surface area contributed by atoms with Crippen LogP contribution in [0.1, 0.15) is 10.5 Å². The monoisotopic (exact) mass is 369 g/mol. The average molecular weight is 370 g/mol. The minimum Gasteiger partial charge on any atom is -0.368 e. The summed E-state index contributed by atoms with van der Waals surface area (Å²) in [6, 6.07) is 11.1. The van der Waals surface area contributed by atoms with Crippen molar-refractivity contribution in [3.8, 4) is 5.82 Å². The normalized spacial score (nSPS) is 14.5. The van der Waals surface area contributed by atoms with Crippen LogP contribution < -0.4 is 4.90 Å². The van der Waals surface area contributed by atoms with E-state index in [1.54, 1.807) is 17.0 Å². The second-order valence-corrected chi connectivity index (χ2v) is 6.31. The predicted molar refractivity (Wildman–Crippen MR) is 96.5 cm³/mol. The summed E-state index contributed by atoms with van der Waals surface area (Å²) in [6.45, 7) is 2.79. The highest BCUT2D eigenvalue weighted by atomic mass is 35.5. The van der Waals surface area contributed by atoms with Crippen LogP contribution in [0.25, 0.3) is 5.82 Å². The lowest BCUT2D eigenvalue weighted by atomic mass is 10.2. The van der Waals surface area contributed by atoms with E-state index in [-0.39, 0.29) is 5.91 Å². The van der Waals surface area contributed by atoms with Crippen molar-refractivity contribution >= 4 is 23.2 Å². The van der Waals surface area contributed by atoms with Crippen LogP contribution in [0.5, 0.6) is 0 Å². The van der Waals surface area contributed by atoms with Crippen LogP contribution >= 0.6 is 11.6 Å². The quantitative estimate of drug-likeness (QED) is 0.698. The third-order valence-corrected chi connectivity index (χ3v) is 4.53. The summed E-state index contributed by atoms with van der Waals surface area (Å²) in [7, 11) is 0. The molecule has 0 bridgehead atoms. The Hall–Kier alpha value is -3.00. The Labute approximate surface area is 155 Å². The number of rotatable bonds is 3. The van der Waals surface area contributed by atoms with Gasteiger partial charge in [0.05, 0.1) is 0 Å². The smallest absolute Gasteiger partial charge is 0.274 e. The third-order valence-electron chi connectivity index (χ3n) is 4.28. The Morgan fingerprint density at radius 2 is 1.73 bits per heavy atom. The van der Waals surface area contributed by atoms with Gasteiger partial charge in [0.25, 0.3) is 5.91 Å². The van der Waals surface area contributed by atoms with E-state index in [2.05, 4.69) is 25.2 Å². The molecule has 1 aliphatic heterocycles. The highest BCUT2D eigenvalue weighted by molar-refractivity contribution is 6.30. The zero-order valence-corrected chi connectivity index (χ0v) is 14.6. The molecule has 0 spiro atoms. The predicted octanol–water partition coefficient (Wildman–Crippen LogP) is 1.67. The molecule has 1 aliphatic rings. The van der Waals surface area contributed by atoms with Crippen molar-refractivity contribution in [3.63, 3.8) is 0 Å². The van der Waals surface area contributed by atoms with Crippen LogP contribution in [0.15, 0.2) is 49.1 Å². The zero-order chi connectivity index (χ0) is 17.9. The topological polar surface area (TPSA) is 80.0 Å². The van der Waals surface area contributed by atoms with E-state index in [1.165, 1.54) is 17.3 Å². The number of hydrogen-bond donors (Lipinski definition) is 0. The molecule has 8 nitrogen and oxygen atoms in total. The number of anilines is 1. The van der Waals surface area contributed by atoms with Crippen molar-refractivity contribution in [2.24, 2.45) is 0 Å². The highest BCUT2D eigenvalue weighted by Gasteiger charge is 2.23. The SMILES string of the molecule is O=C(c1ccc(-n2cncn2)nn1)N1CCN(c2ccc(Cl)cc2)CC1. The number of aromatic nitrogens is 5. The van der Waals surface area contributed by atoms with Gasteiger partial charge in [-0.05, 0) is 36.4 Å². The van der Waals surface area contributed by atoms with Crippen LogP contribution in [-0.4, -0.2) is 61.9 Å². The number of nitrogens with zero attached hydrogens (tertiary/aromatic N) is 7. The number of carbonyl (C=O) groups is 1. The molecule has 1 aromatic carbocycles. The second kappa shape index (κ2) is 7.09. The molecule has 0 saturated carbocycles. The van der Waals surface area contributed by atoms with Gasteiger partial charge in [-0.3, -0.25) is 4.79 Å². The molecule has 0 radical (unpaired) electrons. The minimum absolute atomic E-state index is 0.113. The summed E-state index contributed by atoms with van der Waals surface area (Å²) in [6.07, 6.45) is 2.95. The van der Waals surface area contributed by atoms with Crippen molar-refractivity contribution in [3.05, 3.63) is 59.8 Å². The van der Waals surface area contributed by atoms with Crippen LogP contribution in [0.3, 0.4) is 0 Å². The fourth-order valence-electron chi connectivity index (χ4n) is 2.87. The fraction of sp³-hybridized carbons (Fsp3) is 0.235. The van der Waals surface area contributed by atoms with Gasteiger partial charge in [0.1, 0.15) is 12.7 Å². The first-order valence-corrected chi connectivity index (χ1v) is 8.57. The highest BCUT2D eigenvalue weighted by Crippen LogP contribution is 2.20. The van der Waals surface area contributed by atoms with Gasteiger partial charge in [-0.15, -0.1) is 10.2 Å². The molecule has 1 amide bonds. The Morgan fingerprint density at radius 1 is 0.962 bits per heavy atom. The fourth-order valence-corrected chi connectivity index (χ4v) is 3.00. The van der Waals surface area contributed by atoms with Gasteiger partial charge in [-0.2, -0.15) is 5.10 Å². The van der Waals surface area contributed by atoms with E-state index in [0.29, 0.717) is 24.6 Å². The number of amides is 1. The lowest BCUT2D eigenvalue weighted by Crippen LogP contribution is -2.49. The molecule has 0 N–H and O–H groups in total. The molecule has 0 atom stereocenters. The molecule has 9 heteroatoms. The van der Waals surface area contributed by atoms with Crippen molar-refractivity contribution in [2.45, 2.75) is 0 Å². The van der Waals surface area contributed by atoms with E-state index in [4.69, 9.17) is 11.6 Å². The molecule has 1 saturated heterocycles. The number of piperazine rings is 1. The van der Waals surface area contributed by atoms with E-state index >= 15 is 0 Å². The maximum atomic E-state index is 12.6. The number of carbonyl (C=O) groups excluding carboxylic acids is 1. The molecule has 0 unspecified atom stereocenters. The molecule has 0 aliphatic carbocycles. The molecule has 26 heavy (non-hydrogen) atoms. The van der Waals surface area contributed by atoms with Crippen molar-refractivity contribution in [1.29, 1.82) is 0 Å². The van der Waals surface area contributed by atoms with Crippen LogP contribution in [0.4, 0.5) is 5.69 Å². The van der Waals surface area contributed by atoms with Gasteiger partial charge in [0.2, 0.25) is 0 Å². The maximum absolute atomic E-state index is 12.6. The summed E-state index contributed by atoms with van der Waals surface area (Å²) >= 11 is 5.93. The number of benzene rings is 1. The van der Waals surface area contributed by atoms with Gasteiger partial charge in [-0.1, -0.05) is 11.6 Å². The van der Waals surface area contributed by atoms with Crippen LogP contribution in [0.2, 0.25) is 5.02 Å². The van der Waals surface area contributed by atoms with E-state index in [1.807, 2.05) is 24.3 Å². The maximum Gasteiger partial charge on any atom is 0.274 e. The standard InChI is InChI=1S/C17H16ClN7O/c18-13-1-3-14(4-2-13)23-7-9-24(10-8-23)17(26)15-5-6-16(22-21-15)25-12-19-11-20-25/h1-6,11-12H,7-10H2. The number of hydrogen-bond acceptors (Lipinski definition) is 6. The number of halogens is 1. The van der Waals surface area contributed by atoms with Crippen molar-refractivity contribution in [1.82, 2.24) is 29.9 Å².